The Morgan fingerprint density at radius 2 is 1.92 bits per heavy atom. The standard InChI is InChI=1S/C22H24N4/c1-3-18(21-19-9-4-5-10-20(19)25-22(21)23-2)16-7-6-8-17(15-16)26-13-11-24-12-14-26/h3-10,15,24-25H,2,11-14H2,1H3/b18-3-. The van der Waals surface area contributed by atoms with E-state index in [9.17, 15) is 0 Å². The van der Waals surface area contributed by atoms with Gasteiger partial charge in [0.15, 0.2) is 0 Å². The monoisotopic (exact) mass is 344 g/mol. The number of piperazine rings is 1. The number of hydrogen-bond donors (Lipinski definition) is 2. The minimum atomic E-state index is 0.826. The van der Waals surface area contributed by atoms with Gasteiger partial charge in [0.1, 0.15) is 5.82 Å². The van der Waals surface area contributed by atoms with Crippen LogP contribution in [-0.4, -0.2) is 37.9 Å². The first-order valence-electron chi connectivity index (χ1n) is 9.12. The van der Waals surface area contributed by atoms with Crippen LogP contribution in [0.1, 0.15) is 18.1 Å². The minimum absolute atomic E-state index is 0.826. The fraction of sp³-hybridized carbons (Fsp3) is 0.227. The number of nitrogens with zero attached hydrogens (tertiary/aromatic N) is 2. The molecule has 1 aliphatic rings. The maximum atomic E-state index is 4.25. The van der Waals surface area contributed by atoms with Crippen molar-refractivity contribution in [1.82, 2.24) is 10.3 Å². The smallest absolute Gasteiger partial charge is 0.138 e. The van der Waals surface area contributed by atoms with Crippen LogP contribution in [0.5, 0.6) is 0 Å². The molecule has 2 aromatic carbocycles. The Hall–Kier alpha value is -2.85. The SMILES string of the molecule is C=Nc1[nH]c2ccccc2c1/C(=C\C)c1cccc(N2CCNCC2)c1. The van der Waals surface area contributed by atoms with E-state index < -0.39 is 0 Å². The Balaban J connectivity index is 1.81. The molecule has 132 valence electrons. The van der Waals surface area contributed by atoms with Crippen LogP contribution in [0, 0.1) is 0 Å². The van der Waals surface area contributed by atoms with Crippen LogP contribution in [-0.2, 0) is 0 Å². The molecule has 3 aromatic rings. The Kier molecular flexibility index (Phi) is 4.59. The highest BCUT2D eigenvalue weighted by molar-refractivity contribution is 6.02. The number of rotatable bonds is 4. The van der Waals surface area contributed by atoms with Gasteiger partial charge in [0.05, 0.1) is 0 Å². The lowest BCUT2D eigenvalue weighted by atomic mass is 9.96. The molecule has 4 heteroatoms. The molecule has 1 aromatic heterocycles. The molecular formula is C22H24N4. The largest absolute Gasteiger partial charge is 0.369 e. The molecule has 0 radical (unpaired) electrons. The van der Waals surface area contributed by atoms with E-state index in [1.54, 1.807) is 0 Å². The van der Waals surface area contributed by atoms with Crippen molar-refractivity contribution < 1.29 is 0 Å². The van der Waals surface area contributed by atoms with Gasteiger partial charge < -0.3 is 15.2 Å². The van der Waals surface area contributed by atoms with E-state index >= 15 is 0 Å². The van der Waals surface area contributed by atoms with E-state index in [1.807, 2.05) is 6.07 Å². The van der Waals surface area contributed by atoms with Crippen molar-refractivity contribution in [2.24, 2.45) is 4.99 Å². The minimum Gasteiger partial charge on any atom is -0.369 e. The van der Waals surface area contributed by atoms with Gasteiger partial charge in [0.2, 0.25) is 0 Å². The van der Waals surface area contributed by atoms with Gasteiger partial charge in [-0.2, -0.15) is 0 Å². The summed E-state index contributed by atoms with van der Waals surface area (Å²) in [6.45, 7) is 10.0. The number of aromatic amines is 1. The van der Waals surface area contributed by atoms with Crippen molar-refractivity contribution in [3.05, 3.63) is 65.7 Å². The summed E-state index contributed by atoms with van der Waals surface area (Å²) in [5, 5.41) is 4.59. The van der Waals surface area contributed by atoms with Gasteiger partial charge in [0.25, 0.3) is 0 Å². The van der Waals surface area contributed by atoms with E-state index in [0.717, 1.165) is 43.1 Å². The van der Waals surface area contributed by atoms with Crippen molar-refractivity contribution in [2.75, 3.05) is 31.1 Å². The van der Waals surface area contributed by atoms with Crippen LogP contribution >= 0.6 is 0 Å². The van der Waals surface area contributed by atoms with Crippen LogP contribution in [0.4, 0.5) is 11.5 Å². The summed E-state index contributed by atoms with van der Waals surface area (Å²) in [4.78, 5) is 10.1. The molecule has 26 heavy (non-hydrogen) atoms. The van der Waals surface area contributed by atoms with Gasteiger partial charge >= 0.3 is 0 Å². The van der Waals surface area contributed by atoms with E-state index in [4.69, 9.17) is 0 Å². The van der Waals surface area contributed by atoms with Crippen LogP contribution in [0.3, 0.4) is 0 Å². The number of anilines is 1. The Bertz CT molecular complexity index is 961. The third kappa shape index (κ3) is 2.93. The lowest BCUT2D eigenvalue weighted by Gasteiger charge is -2.29. The molecule has 0 unspecified atom stereocenters. The molecular weight excluding hydrogens is 320 g/mol. The number of H-pyrrole nitrogens is 1. The molecule has 1 saturated heterocycles. The maximum absolute atomic E-state index is 4.25. The van der Waals surface area contributed by atoms with E-state index in [1.165, 1.54) is 22.2 Å². The fourth-order valence-electron chi connectivity index (χ4n) is 3.77. The number of aliphatic imine (C=N–C) groups is 1. The average molecular weight is 344 g/mol. The molecule has 2 heterocycles. The lowest BCUT2D eigenvalue weighted by molar-refractivity contribution is 0.589. The van der Waals surface area contributed by atoms with Crippen molar-refractivity contribution in [2.45, 2.75) is 6.92 Å². The molecule has 0 amide bonds. The van der Waals surface area contributed by atoms with E-state index in [2.05, 4.69) is 82.4 Å². The van der Waals surface area contributed by atoms with Crippen molar-refractivity contribution in [3.63, 3.8) is 0 Å². The molecule has 4 nitrogen and oxygen atoms in total. The van der Waals surface area contributed by atoms with E-state index in [-0.39, 0.29) is 0 Å². The summed E-state index contributed by atoms with van der Waals surface area (Å²) in [5.74, 6) is 0.826. The second kappa shape index (κ2) is 7.18. The van der Waals surface area contributed by atoms with Crippen molar-refractivity contribution in [1.29, 1.82) is 0 Å². The third-order valence-electron chi connectivity index (χ3n) is 5.04. The summed E-state index contributed by atoms with van der Waals surface area (Å²) in [5.41, 5.74) is 5.87. The highest BCUT2D eigenvalue weighted by atomic mass is 15.2. The predicted octanol–water partition coefficient (Wildman–Crippen LogP) is 4.36. The quantitative estimate of drug-likeness (QED) is 0.691. The number of nitrogens with one attached hydrogen (secondary N) is 2. The highest BCUT2D eigenvalue weighted by Crippen LogP contribution is 2.38. The van der Waals surface area contributed by atoms with Crippen LogP contribution in [0.15, 0.2) is 59.6 Å². The molecule has 0 bridgehead atoms. The second-order valence-corrected chi connectivity index (χ2v) is 6.54. The highest BCUT2D eigenvalue weighted by Gasteiger charge is 2.17. The molecule has 0 atom stereocenters. The summed E-state index contributed by atoms with van der Waals surface area (Å²) in [6.07, 6.45) is 2.17. The topological polar surface area (TPSA) is 43.4 Å². The molecule has 0 aliphatic carbocycles. The normalized spacial score (nSPS) is 15.4. The zero-order valence-corrected chi connectivity index (χ0v) is 15.1. The second-order valence-electron chi connectivity index (χ2n) is 6.54. The summed E-state index contributed by atoms with van der Waals surface area (Å²) < 4.78 is 0. The first-order chi connectivity index (χ1) is 12.8. The van der Waals surface area contributed by atoms with Gasteiger partial charge in [-0.3, -0.25) is 0 Å². The number of hydrogen-bond acceptors (Lipinski definition) is 3. The molecule has 0 spiro atoms. The van der Waals surface area contributed by atoms with Crippen LogP contribution in [0.2, 0.25) is 0 Å². The van der Waals surface area contributed by atoms with Gasteiger partial charge in [-0.15, -0.1) is 0 Å². The van der Waals surface area contributed by atoms with Crippen molar-refractivity contribution >= 4 is 34.7 Å². The zero-order valence-electron chi connectivity index (χ0n) is 15.1. The zero-order chi connectivity index (χ0) is 17.9. The molecule has 2 N–H and O–H groups in total. The van der Waals surface area contributed by atoms with Crippen LogP contribution < -0.4 is 10.2 Å². The molecule has 1 aliphatic heterocycles. The molecule has 0 saturated carbocycles. The van der Waals surface area contributed by atoms with Gasteiger partial charge in [-0.1, -0.05) is 36.4 Å². The maximum Gasteiger partial charge on any atom is 0.138 e. The number of fused-ring (bicyclic) bond motifs is 1. The molecule has 1 fully saturated rings. The Labute approximate surface area is 154 Å². The van der Waals surface area contributed by atoms with E-state index in [0.29, 0.717) is 0 Å². The summed E-state index contributed by atoms with van der Waals surface area (Å²) in [7, 11) is 0. The first kappa shape index (κ1) is 16.6. The summed E-state index contributed by atoms with van der Waals surface area (Å²) in [6, 6.07) is 17.1. The van der Waals surface area contributed by atoms with Crippen molar-refractivity contribution in [3.8, 4) is 0 Å². The number of aromatic nitrogens is 1. The Morgan fingerprint density at radius 1 is 1.12 bits per heavy atom. The number of para-hydroxylation sites is 1. The number of benzene rings is 2. The predicted molar refractivity (Wildman–Crippen MR) is 112 cm³/mol. The lowest BCUT2D eigenvalue weighted by Crippen LogP contribution is -2.43. The fourth-order valence-corrected chi connectivity index (χ4v) is 3.77. The summed E-state index contributed by atoms with van der Waals surface area (Å²) >= 11 is 0. The van der Waals surface area contributed by atoms with Gasteiger partial charge in [0, 0.05) is 48.3 Å². The third-order valence-corrected chi connectivity index (χ3v) is 5.04. The van der Waals surface area contributed by atoms with Gasteiger partial charge in [-0.25, -0.2) is 4.99 Å². The number of allylic oxidation sites excluding steroid dienone is 1. The average Bonchev–Trinajstić information content (AvgIpc) is 3.08. The Morgan fingerprint density at radius 3 is 2.69 bits per heavy atom. The molecule has 4 rings (SSSR count). The van der Waals surface area contributed by atoms with Crippen LogP contribution in [0.25, 0.3) is 16.5 Å². The van der Waals surface area contributed by atoms with Gasteiger partial charge in [-0.05, 0) is 43.0 Å². The first-order valence-corrected chi connectivity index (χ1v) is 9.12.